The van der Waals surface area contributed by atoms with Crippen LogP contribution in [0.2, 0.25) is 10.0 Å². The van der Waals surface area contributed by atoms with Crippen LogP contribution in [0.15, 0.2) is 30.5 Å². The summed E-state index contributed by atoms with van der Waals surface area (Å²) in [5.41, 5.74) is 1.27. The lowest BCUT2D eigenvalue weighted by molar-refractivity contribution is 0.0583. The maximum atomic E-state index is 14.2. The average Bonchev–Trinajstić information content (AvgIpc) is 2.83. The molecule has 0 saturated carbocycles. The van der Waals surface area contributed by atoms with Gasteiger partial charge >= 0.3 is 6.03 Å². The maximum Gasteiger partial charge on any atom is 0.319 e. The number of benzene rings is 1. The second-order valence-electron chi connectivity index (χ2n) is 9.80. The summed E-state index contributed by atoms with van der Waals surface area (Å²) in [6, 6.07) is 7.50. The summed E-state index contributed by atoms with van der Waals surface area (Å²) in [6.45, 7) is 11.1. The Morgan fingerprint density at radius 3 is 2.56 bits per heavy atom. The van der Waals surface area contributed by atoms with Crippen molar-refractivity contribution >= 4 is 40.7 Å². The van der Waals surface area contributed by atoms with E-state index in [1.54, 1.807) is 24.4 Å². The lowest BCUT2D eigenvalue weighted by Crippen LogP contribution is -2.61. The SMILES string of the molecule is CCNC(=O)Nc1cnc(N2C[C@H](C)N(C3CCN(Cc4ccc(Cl)cc4F)CC3)C[C@H]2C)c(Cl)c1. The first-order valence-corrected chi connectivity index (χ1v) is 13.4. The minimum atomic E-state index is -0.275. The fourth-order valence-corrected chi connectivity index (χ4v) is 5.74. The number of nitrogens with one attached hydrogen (secondary N) is 2. The Labute approximate surface area is 222 Å². The predicted octanol–water partition coefficient (Wildman–Crippen LogP) is 5.23. The van der Waals surface area contributed by atoms with E-state index >= 15 is 0 Å². The number of urea groups is 1. The molecule has 3 heterocycles. The molecular weight excluding hydrogens is 502 g/mol. The topological polar surface area (TPSA) is 63.7 Å². The van der Waals surface area contributed by atoms with Crippen LogP contribution in [0, 0.1) is 5.82 Å². The van der Waals surface area contributed by atoms with Crippen LogP contribution < -0.4 is 15.5 Å². The molecule has 2 saturated heterocycles. The molecule has 2 aliphatic rings. The highest BCUT2D eigenvalue weighted by Gasteiger charge is 2.36. The Hall–Kier alpha value is -2.13. The number of amides is 2. The number of carbonyl (C=O) groups is 1. The zero-order valence-electron chi connectivity index (χ0n) is 21.1. The number of nitrogens with zero attached hydrogens (tertiary/aromatic N) is 4. The summed E-state index contributed by atoms with van der Waals surface area (Å²) in [7, 11) is 0. The number of aromatic nitrogens is 1. The summed E-state index contributed by atoms with van der Waals surface area (Å²) in [4.78, 5) is 23.6. The monoisotopic (exact) mass is 536 g/mol. The number of likely N-dealkylation sites (tertiary alicyclic amines) is 1. The molecule has 7 nitrogen and oxygen atoms in total. The van der Waals surface area contributed by atoms with Gasteiger partial charge in [0.15, 0.2) is 0 Å². The Kier molecular flexibility index (Phi) is 8.93. The smallest absolute Gasteiger partial charge is 0.319 e. The number of anilines is 2. The first-order valence-electron chi connectivity index (χ1n) is 12.6. The van der Waals surface area contributed by atoms with Gasteiger partial charge < -0.3 is 15.5 Å². The van der Waals surface area contributed by atoms with Gasteiger partial charge in [0.2, 0.25) is 0 Å². The average molecular weight is 538 g/mol. The number of carbonyl (C=O) groups excluding carboxylic acids is 1. The Bertz CT molecular complexity index is 1060. The first-order chi connectivity index (χ1) is 17.2. The number of rotatable bonds is 6. The molecule has 2 amide bonds. The van der Waals surface area contributed by atoms with E-state index in [-0.39, 0.29) is 17.9 Å². The number of halogens is 3. The molecule has 36 heavy (non-hydrogen) atoms. The van der Waals surface area contributed by atoms with Crippen molar-refractivity contribution in [3.63, 3.8) is 0 Å². The van der Waals surface area contributed by atoms with E-state index < -0.39 is 0 Å². The van der Waals surface area contributed by atoms with E-state index in [4.69, 9.17) is 23.2 Å². The molecule has 0 unspecified atom stereocenters. The number of pyridine rings is 1. The summed E-state index contributed by atoms with van der Waals surface area (Å²) in [5, 5.41) is 6.41. The lowest BCUT2D eigenvalue weighted by Gasteiger charge is -2.49. The molecule has 1 aromatic carbocycles. The molecule has 2 aromatic rings. The van der Waals surface area contributed by atoms with Crippen molar-refractivity contribution in [2.24, 2.45) is 0 Å². The van der Waals surface area contributed by atoms with Gasteiger partial charge in [-0.25, -0.2) is 14.2 Å². The summed E-state index contributed by atoms with van der Waals surface area (Å²) in [6.07, 6.45) is 3.77. The summed E-state index contributed by atoms with van der Waals surface area (Å²) < 4.78 is 14.2. The number of piperazine rings is 1. The van der Waals surface area contributed by atoms with Crippen molar-refractivity contribution in [3.8, 4) is 0 Å². The van der Waals surface area contributed by atoms with Crippen molar-refractivity contribution in [1.82, 2.24) is 20.1 Å². The molecule has 2 atom stereocenters. The highest BCUT2D eigenvalue weighted by Crippen LogP contribution is 2.32. The third-order valence-corrected chi connectivity index (χ3v) is 7.67. The van der Waals surface area contributed by atoms with Gasteiger partial charge in [-0.15, -0.1) is 0 Å². The van der Waals surface area contributed by atoms with Gasteiger partial charge in [-0.3, -0.25) is 9.80 Å². The van der Waals surface area contributed by atoms with Crippen LogP contribution in [0.1, 0.15) is 39.2 Å². The fourth-order valence-electron chi connectivity index (χ4n) is 5.30. The number of hydrogen-bond acceptors (Lipinski definition) is 5. The molecule has 0 radical (unpaired) electrons. The van der Waals surface area contributed by atoms with Crippen LogP contribution in [0.25, 0.3) is 0 Å². The predicted molar refractivity (Wildman–Crippen MR) is 145 cm³/mol. The molecule has 2 N–H and O–H groups in total. The first kappa shape index (κ1) is 26.9. The molecule has 1 aromatic heterocycles. The minimum absolute atomic E-state index is 0.233. The second-order valence-corrected chi connectivity index (χ2v) is 10.6. The molecule has 10 heteroatoms. The van der Waals surface area contributed by atoms with Crippen molar-refractivity contribution < 1.29 is 9.18 Å². The Balaban J connectivity index is 1.33. The molecule has 0 bridgehead atoms. The van der Waals surface area contributed by atoms with E-state index in [0.29, 0.717) is 46.5 Å². The minimum Gasteiger partial charge on any atom is -0.350 e. The van der Waals surface area contributed by atoms with Gasteiger partial charge in [0.05, 0.1) is 16.9 Å². The van der Waals surface area contributed by atoms with Gasteiger partial charge in [0.1, 0.15) is 11.6 Å². The zero-order valence-corrected chi connectivity index (χ0v) is 22.6. The second kappa shape index (κ2) is 11.9. The van der Waals surface area contributed by atoms with Crippen LogP contribution in [0.5, 0.6) is 0 Å². The molecular formula is C26H35Cl2FN6O. The van der Waals surface area contributed by atoms with E-state index in [9.17, 15) is 9.18 Å². The molecule has 2 aliphatic heterocycles. The quantitative estimate of drug-likeness (QED) is 0.529. The van der Waals surface area contributed by atoms with E-state index in [2.05, 4.69) is 44.2 Å². The molecule has 4 rings (SSSR count). The van der Waals surface area contributed by atoms with Gasteiger partial charge in [0, 0.05) is 54.9 Å². The molecule has 2 fully saturated rings. The summed E-state index contributed by atoms with van der Waals surface area (Å²) in [5.74, 6) is 0.514. The third kappa shape index (κ3) is 6.40. The van der Waals surface area contributed by atoms with Crippen molar-refractivity contribution in [1.29, 1.82) is 0 Å². The standard InChI is InChI=1S/C26H35Cl2FN6O/c1-4-30-26(36)32-21-12-23(28)25(31-13-21)35-15-17(2)34(14-18(35)3)22-7-9-33(10-8-22)16-19-5-6-20(27)11-24(19)29/h5-6,11-13,17-18,22H,4,7-10,14-16H2,1-3H3,(H2,30,32,36)/t17-,18+/m0/s1. The van der Waals surface area contributed by atoms with Gasteiger partial charge in [0.25, 0.3) is 0 Å². The van der Waals surface area contributed by atoms with E-state index in [0.717, 1.165) is 44.8 Å². The van der Waals surface area contributed by atoms with Crippen molar-refractivity contribution in [2.45, 2.75) is 58.3 Å². The third-order valence-electron chi connectivity index (χ3n) is 7.16. The Morgan fingerprint density at radius 2 is 1.89 bits per heavy atom. The van der Waals surface area contributed by atoms with Crippen LogP contribution in [0.3, 0.4) is 0 Å². The number of hydrogen-bond donors (Lipinski definition) is 2. The van der Waals surface area contributed by atoms with Crippen molar-refractivity contribution in [3.05, 3.63) is 51.9 Å². The highest BCUT2D eigenvalue weighted by molar-refractivity contribution is 6.33. The van der Waals surface area contributed by atoms with Gasteiger partial charge in [-0.05, 0) is 64.9 Å². The molecule has 0 spiro atoms. The van der Waals surface area contributed by atoms with Crippen LogP contribution in [-0.4, -0.2) is 71.7 Å². The fraction of sp³-hybridized carbons (Fsp3) is 0.538. The lowest BCUT2D eigenvalue weighted by atomic mass is 9.97. The van der Waals surface area contributed by atoms with Crippen LogP contribution in [-0.2, 0) is 6.54 Å². The normalized spacial score (nSPS) is 22.0. The molecule has 196 valence electrons. The van der Waals surface area contributed by atoms with Gasteiger partial charge in [-0.1, -0.05) is 29.3 Å². The highest BCUT2D eigenvalue weighted by atomic mass is 35.5. The van der Waals surface area contributed by atoms with Crippen LogP contribution in [0.4, 0.5) is 20.7 Å². The van der Waals surface area contributed by atoms with E-state index in [1.807, 2.05) is 6.92 Å². The van der Waals surface area contributed by atoms with E-state index in [1.165, 1.54) is 6.07 Å². The van der Waals surface area contributed by atoms with Gasteiger partial charge in [-0.2, -0.15) is 0 Å². The Morgan fingerprint density at radius 1 is 1.14 bits per heavy atom. The maximum absolute atomic E-state index is 14.2. The molecule has 0 aliphatic carbocycles. The zero-order chi connectivity index (χ0) is 25.8. The summed E-state index contributed by atoms with van der Waals surface area (Å²) >= 11 is 12.5. The largest absolute Gasteiger partial charge is 0.350 e. The number of piperidine rings is 1. The van der Waals surface area contributed by atoms with Crippen LogP contribution >= 0.6 is 23.2 Å². The van der Waals surface area contributed by atoms with Crippen molar-refractivity contribution in [2.75, 3.05) is 42.9 Å².